The molecule has 1 spiro atoms. The van der Waals surface area contributed by atoms with E-state index in [4.69, 9.17) is 23.1 Å². The number of anilines is 1. The van der Waals surface area contributed by atoms with Crippen LogP contribution in [-0.2, 0) is 58.3 Å². The summed E-state index contributed by atoms with van der Waals surface area (Å²) in [5.41, 5.74) is 0.377. The van der Waals surface area contributed by atoms with Crippen LogP contribution < -0.4 is 9.64 Å². The maximum atomic E-state index is 15.6. The molecule has 0 radical (unpaired) electrons. The number of aromatic amines is 1. The number of aliphatic hydroxyl groups is 3. The predicted molar refractivity (Wildman–Crippen MR) is 337 cm³/mol. The number of rotatable bonds is 24. The lowest BCUT2D eigenvalue weighted by Gasteiger charge is -2.63. The van der Waals surface area contributed by atoms with Crippen molar-refractivity contribution in [3.8, 4) is 5.75 Å². The van der Waals surface area contributed by atoms with E-state index >= 15 is 9.59 Å². The first kappa shape index (κ1) is 62.7. The average molecular weight is 1230 g/mol. The molecule has 1 unspecified atom stereocenters. The van der Waals surface area contributed by atoms with Crippen LogP contribution in [-0.4, -0.2) is 192 Å². The number of methoxy groups -OCH3 is 2. The number of hydrogen-bond acceptors (Lipinski definition) is 18. The number of carbonyl (C=O) groups is 2. The zero-order valence-corrected chi connectivity index (χ0v) is 55.0. The van der Waals surface area contributed by atoms with Crippen LogP contribution in [0, 0.1) is 11.3 Å². The second-order valence-electron chi connectivity index (χ2n) is 26.7. The highest BCUT2D eigenvalue weighted by Gasteiger charge is 2.78. The van der Waals surface area contributed by atoms with Crippen molar-refractivity contribution < 1.29 is 48.0 Å². The minimum Gasteiger partial charge on any atom is -0.496 e. The van der Waals surface area contributed by atoms with Crippen molar-refractivity contribution in [1.82, 2.24) is 39.7 Å². The minimum atomic E-state index is -2.25. The van der Waals surface area contributed by atoms with Gasteiger partial charge in [-0.05, 0) is 120 Å². The second-order valence-corrected chi connectivity index (χ2v) is 36.9. The molecule has 5 aliphatic heterocycles. The number of para-hydroxylation sites is 1. The Labute approximate surface area is 513 Å². The molecule has 3 aromatic heterocycles. The highest BCUT2D eigenvalue weighted by Crippen LogP contribution is 2.68. The third-order valence-corrected chi connectivity index (χ3v) is 30.1. The van der Waals surface area contributed by atoms with Gasteiger partial charge in [0.1, 0.15) is 23.0 Å². The molecule has 2 aromatic carbocycles. The van der Waals surface area contributed by atoms with E-state index in [9.17, 15) is 15.3 Å². The third kappa shape index (κ3) is 11.0. The summed E-state index contributed by atoms with van der Waals surface area (Å²) in [6.45, 7) is 21.0. The number of nitrogens with zero attached hydrogens (tertiary/aromatic N) is 8. The molecular formula is C64H91N9O10SSi2. The number of piperidine rings is 1. The van der Waals surface area contributed by atoms with Gasteiger partial charge < -0.3 is 48.3 Å². The van der Waals surface area contributed by atoms with E-state index in [1.165, 1.54) is 7.11 Å². The van der Waals surface area contributed by atoms with Gasteiger partial charge in [-0.3, -0.25) is 19.4 Å². The summed E-state index contributed by atoms with van der Waals surface area (Å²) in [7, 11) is 0.586. The van der Waals surface area contributed by atoms with Crippen molar-refractivity contribution >= 4 is 56.7 Å². The minimum absolute atomic E-state index is 0.0871. The second kappa shape index (κ2) is 24.5. The number of ketones is 1. The fourth-order valence-corrected chi connectivity index (χ4v) is 27.2. The standard InChI is InChI=1S/C64H91N9O10SSi2/c1-11-60(77)33-43-34-63(58(76)80-6,54-47(22-26-71(37-43)41-60)46-19-14-15-20-50(46)67-54)49-31-48-51(32-52(49)79-5)70(4)56-62(48)24-27-72-25-18-23-61(12-2,55(62)72)57(75)64(56,78)53(74)21-16-17-30-85(7,8)83-86(9,10)42-84-59-65-35-44(36-66-59)38-73-39-45(68-69-73)40-82-29-28-81-13-3/h14-15,18-20,23,31-32,35-36,39,43,55-57,67,75,77-78H,11-13,16-17,21-22,24-30,33-34,37-38,40-42H2,1-10H3/t43-,55-,56+,57+,60-,61+,62+,63-,64-/m0/s1. The summed E-state index contributed by atoms with van der Waals surface area (Å²) < 4.78 is 32.4. The maximum absolute atomic E-state index is 15.6. The van der Waals surface area contributed by atoms with Gasteiger partial charge in [-0.15, -0.1) is 5.10 Å². The summed E-state index contributed by atoms with van der Waals surface area (Å²) in [6, 6.07) is 12.1. The van der Waals surface area contributed by atoms with Gasteiger partial charge in [-0.1, -0.05) is 67.6 Å². The number of esters is 1. The Balaban J connectivity index is 0.846. The van der Waals surface area contributed by atoms with Gasteiger partial charge in [0.15, 0.2) is 33.2 Å². The van der Waals surface area contributed by atoms with Crippen molar-refractivity contribution in [3.63, 3.8) is 0 Å². The number of Topliss-reactive ketones (excluding diaryl/α,β-unsaturated/α-hetero) is 1. The molecule has 10 atom stereocenters. The van der Waals surface area contributed by atoms with Crippen LogP contribution in [0.15, 0.2) is 72.3 Å². The largest absolute Gasteiger partial charge is 0.496 e. The Kier molecular flexibility index (Phi) is 17.9. The number of aliphatic hydroxyl groups excluding tert-OH is 1. The molecule has 466 valence electrons. The number of likely N-dealkylation sites (N-methyl/N-ethyl adjacent to an activating group) is 1. The average Bonchev–Trinajstić information content (AvgIpc) is 1.46. The Morgan fingerprint density at radius 2 is 1.71 bits per heavy atom. The number of ether oxygens (including phenoxy) is 4. The van der Waals surface area contributed by atoms with Crippen LogP contribution >= 0.6 is 11.8 Å². The Bertz CT molecular complexity index is 3310. The fraction of sp³-hybridized carbons (Fsp3) is 0.625. The van der Waals surface area contributed by atoms with E-state index in [1.807, 2.05) is 57.7 Å². The normalized spacial score (nSPS) is 29.6. The highest BCUT2D eigenvalue weighted by atomic mass is 32.2. The summed E-state index contributed by atoms with van der Waals surface area (Å²) in [6.07, 6.45) is 12.9. The first-order valence-corrected chi connectivity index (χ1v) is 38.5. The van der Waals surface area contributed by atoms with Crippen LogP contribution in [0.4, 0.5) is 5.69 Å². The Morgan fingerprint density at radius 3 is 2.45 bits per heavy atom. The zero-order valence-electron chi connectivity index (χ0n) is 52.2. The number of nitrogens with one attached hydrogen (secondary N) is 1. The van der Waals surface area contributed by atoms with Crippen molar-refractivity contribution in [1.29, 1.82) is 0 Å². The molecule has 8 heterocycles. The van der Waals surface area contributed by atoms with Crippen molar-refractivity contribution in [2.45, 2.75) is 169 Å². The van der Waals surface area contributed by atoms with Gasteiger partial charge >= 0.3 is 5.97 Å². The Morgan fingerprint density at radius 1 is 0.930 bits per heavy atom. The lowest BCUT2D eigenvalue weighted by atomic mass is 9.47. The summed E-state index contributed by atoms with van der Waals surface area (Å²) in [4.78, 5) is 51.3. The van der Waals surface area contributed by atoms with Gasteiger partial charge in [-0.2, -0.15) is 0 Å². The number of H-pyrrole nitrogens is 1. The summed E-state index contributed by atoms with van der Waals surface area (Å²) >= 11 is 1.61. The van der Waals surface area contributed by atoms with E-state index in [2.05, 4.69) is 103 Å². The molecule has 2 saturated heterocycles. The molecule has 22 heteroatoms. The van der Waals surface area contributed by atoms with E-state index in [-0.39, 0.29) is 24.2 Å². The van der Waals surface area contributed by atoms with E-state index in [0.29, 0.717) is 127 Å². The number of unbranched alkanes of at least 4 members (excludes halogenated alkanes) is 1. The molecular weight excluding hydrogens is 1140 g/mol. The molecule has 5 aromatic rings. The number of thioether (sulfide) groups is 1. The van der Waals surface area contributed by atoms with Crippen LogP contribution in [0.2, 0.25) is 32.2 Å². The number of carbonyl (C=O) groups excluding carboxylic acids is 2. The smallest absolute Gasteiger partial charge is 0.322 e. The van der Waals surface area contributed by atoms with Crippen LogP contribution in [0.5, 0.6) is 5.75 Å². The quantitative estimate of drug-likeness (QED) is 0.0116. The van der Waals surface area contributed by atoms with Crippen LogP contribution in [0.3, 0.4) is 0 Å². The number of aromatic nitrogens is 6. The molecule has 19 nitrogen and oxygen atoms in total. The first-order chi connectivity index (χ1) is 41.1. The molecule has 11 rings (SSSR count). The predicted octanol–water partition coefficient (Wildman–Crippen LogP) is 7.73. The first-order valence-electron chi connectivity index (χ1n) is 31.3. The van der Waals surface area contributed by atoms with Gasteiger partial charge in [0.25, 0.3) is 0 Å². The molecule has 3 fully saturated rings. The molecule has 86 heavy (non-hydrogen) atoms. The summed E-state index contributed by atoms with van der Waals surface area (Å²) in [5.74, 6) is -0.394. The van der Waals surface area contributed by atoms with Gasteiger partial charge in [0.2, 0.25) is 0 Å². The fourth-order valence-electron chi connectivity index (χ4n) is 16.8. The van der Waals surface area contributed by atoms with Crippen LogP contribution in [0.1, 0.15) is 106 Å². The monoisotopic (exact) mass is 1230 g/mol. The van der Waals surface area contributed by atoms with Gasteiger partial charge in [0, 0.05) is 120 Å². The van der Waals surface area contributed by atoms with Crippen molar-refractivity contribution in [3.05, 3.63) is 101 Å². The van der Waals surface area contributed by atoms with Gasteiger partial charge in [0.05, 0.1) is 58.4 Å². The van der Waals surface area contributed by atoms with Crippen LogP contribution in [0.25, 0.3) is 10.9 Å². The number of hydrogen-bond donors (Lipinski definition) is 4. The molecule has 2 bridgehead atoms. The molecule has 1 aliphatic carbocycles. The lowest BCUT2D eigenvalue weighted by Crippen LogP contribution is -2.80. The molecule has 1 saturated carbocycles. The van der Waals surface area contributed by atoms with Gasteiger partial charge in [-0.25, -0.2) is 14.6 Å². The zero-order chi connectivity index (χ0) is 61.0. The van der Waals surface area contributed by atoms with E-state index < -0.39 is 62.2 Å². The number of fused-ring (bicyclic) bond motifs is 6. The van der Waals surface area contributed by atoms with E-state index in [0.717, 1.165) is 62.5 Å². The summed E-state index contributed by atoms with van der Waals surface area (Å²) in [5, 5.41) is 50.2. The highest BCUT2D eigenvalue weighted by molar-refractivity contribution is 8.00. The molecule has 4 N–H and O–H groups in total. The van der Waals surface area contributed by atoms with Crippen molar-refractivity contribution in [2.24, 2.45) is 11.3 Å². The SMILES string of the molecule is CCOCCOCc1cn(Cc2cnc(SC[Si](C)(C)O[Si](C)(C)CCCCC(=O)[C@@]3(O)[C@H](O)[C@]4(CC)C=CCN5CC[C@@]6(c7cc([C@@]8(C(=O)OC)C[C@H]9CN(CCc%10c8[nH]c8ccccc%108)C[C@](O)(CC)C9)c(OC)cc7N(C)[C@@H]36)[C@@H]54)nc2)nn1. The lowest BCUT2D eigenvalue weighted by molar-refractivity contribution is -0.202. The third-order valence-electron chi connectivity index (χ3n) is 20.3. The number of benzene rings is 2. The molecule has 0 amide bonds. The van der Waals surface area contributed by atoms with Crippen molar-refractivity contribution in [2.75, 3.05) is 84.1 Å². The maximum Gasteiger partial charge on any atom is 0.322 e. The molecule has 6 aliphatic rings. The topological polar surface area (TPSA) is 223 Å². The Hall–Kier alpha value is -4.86. The van der Waals surface area contributed by atoms with E-state index in [1.54, 1.807) is 23.6 Å².